The molecule has 5 heteroatoms. The fraction of sp³-hybridized carbons (Fsp3) is 0.538. The number of carbonyl (C=O) groups excluding carboxylic acids is 1. The number of ether oxygens (including phenoxy) is 1. The molecule has 0 fully saturated rings. The van der Waals surface area contributed by atoms with Crippen molar-refractivity contribution in [3.8, 4) is 0 Å². The lowest BCUT2D eigenvalue weighted by atomic mass is 10.2. The summed E-state index contributed by atoms with van der Waals surface area (Å²) in [5, 5.41) is 0. The highest BCUT2D eigenvalue weighted by molar-refractivity contribution is 7.80. The lowest BCUT2D eigenvalue weighted by molar-refractivity contribution is 0.0383. The van der Waals surface area contributed by atoms with Gasteiger partial charge in [0.05, 0.1) is 11.7 Å². The molecule has 0 spiro atoms. The molecule has 0 radical (unpaired) electrons. The molecule has 1 atom stereocenters. The Morgan fingerprint density at radius 2 is 2.11 bits per heavy atom. The van der Waals surface area contributed by atoms with Gasteiger partial charge in [-0.05, 0) is 31.2 Å². The van der Waals surface area contributed by atoms with Crippen molar-refractivity contribution in [2.75, 3.05) is 0 Å². The van der Waals surface area contributed by atoms with Gasteiger partial charge in [-0.15, -0.1) is 0 Å². The van der Waals surface area contributed by atoms with Gasteiger partial charge >= 0.3 is 5.97 Å². The molecule has 0 saturated carbocycles. The summed E-state index contributed by atoms with van der Waals surface area (Å²) in [7, 11) is -0.208. The normalized spacial score (nSPS) is 11.7. The molecule has 1 rings (SSSR count). The minimum Gasteiger partial charge on any atom is -0.456 e. The van der Waals surface area contributed by atoms with Crippen LogP contribution in [-0.4, -0.2) is 17.1 Å². The monoisotopic (exact) mass is 286 g/mol. The van der Waals surface area contributed by atoms with Crippen molar-refractivity contribution in [3.63, 3.8) is 0 Å². The van der Waals surface area contributed by atoms with Crippen molar-refractivity contribution >= 4 is 33.6 Å². The first-order valence-corrected chi connectivity index (χ1v) is 7.89. The van der Waals surface area contributed by atoms with Crippen molar-refractivity contribution in [2.24, 2.45) is 5.73 Å². The Labute approximate surface area is 116 Å². The van der Waals surface area contributed by atoms with Crippen LogP contribution in [0.3, 0.4) is 0 Å². The zero-order valence-corrected chi connectivity index (χ0v) is 12.9. The fourth-order valence-corrected chi connectivity index (χ4v) is 4.35. The summed E-state index contributed by atoms with van der Waals surface area (Å²) < 4.78 is 5.28. The van der Waals surface area contributed by atoms with E-state index in [9.17, 15) is 4.79 Å². The lowest BCUT2D eigenvalue weighted by Gasteiger charge is -2.04. The maximum absolute atomic E-state index is 12.1. The highest BCUT2D eigenvalue weighted by Crippen LogP contribution is 2.36. The second kappa shape index (κ2) is 6.29. The molecule has 0 aliphatic carbocycles. The Morgan fingerprint density at radius 1 is 1.50 bits per heavy atom. The van der Waals surface area contributed by atoms with Crippen LogP contribution in [0.4, 0.5) is 0 Å². The summed E-state index contributed by atoms with van der Waals surface area (Å²) in [6.45, 7) is 7.83. The van der Waals surface area contributed by atoms with E-state index in [4.69, 9.17) is 22.7 Å². The second-order valence-corrected chi connectivity index (χ2v) is 6.93. The Morgan fingerprint density at radius 3 is 2.50 bits per heavy atom. The number of carbonyl (C=O) groups is 1. The molecule has 0 aliphatic heterocycles. The van der Waals surface area contributed by atoms with Gasteiger partial charge in [-0.3, -0.25) is 0 Å². The summed E-state index contributed by atoms with van der Waals surface area (Å²) in [4.78, 5) is 14.3. The number of hydrogen-bond donors (Lipinski definition) is 1. The maximum Gasteiger partial charge on any atom is 0.391 e. The molecule has 0 saturated heterocycles. The van der Waals surface area contributed by atoms with Crippen LogP contribution in [0.5, 0.6) is 0 Å². The molecule has 0 amide bonds. The van der Waals surface area contributed by atoms with E-state index >= 15 is 0 Å². The standard InChI is InChI=1S/C13H19NO2S2/c1-5-10-9(12(14)17)7-11(18(10)6-2)13(15)16-8(3)4/h7-8H,5-6H2,1-4H3,(H-,14,17)/p+1. The quantitative estimate of drug-likeness (QED) is 0.513. The number of hydrogen-bond acceptors (Lipinski definition) is 3. The Kier molecular flexibility index (Phi) is 5.28. The zero-order valence-electron chi connectivity index (χ0n) is 11.3. The largest absolute Gasteiger partial charge is 0.456 e. The van der Waals surface area contributed by atoms with E-state index in [1.165, 1.54) is 4.88 Å². The number of thiophene rings is 1. The highest BCUT2D eigenvalue weighted by atomic mass is 32.2. The molecule has 3 nitrogen and oxygen atoms in total. The second-order valence-electron chi connectivity index (χ2n) is 4.20. The van der Waals surface area contributed by atoms with Crippen LogP contribution in [0, 0.1) is 0 Å². The smallest absolute Gasteiger partial charge is 0.391 e. The fourth-order valence-electron chi connectivity index (χ4n) is 1.88. The molecule has 0 aliphatic rings. The van der Waals surface area contributed by atoms with E-state index in [0.717, 1.165) is 17.7 Å². The molecule has 1 aromatic rings. The maximum atomic E-state index is 12.1. The van der Waals surface area contributed by atoms with Crippen molar-refractivity contribution in [3.05, 3.63) is 21.4 Å². The highest BCUT2D eigenvalue weighted by Gasteiger charge is 2.31. The van der Waals surface area contributed by atoms with Gasteiger partial charge in [0.1, 0.15) is 10.7 Å². The van der Waals surface area contributed by atoms with Crippen LogP contribution < -0.4 is 5.73 Å². The predicted octanol–water partition coefficient (Wildman–Crippen LogP) is 3.22. The van der Waals surface area contributed by atoms with E-state index in [1.807, 2.05) is 19.9 Å². The van der Waals surface area contributed by atoms with Crippen LogP contribution in [0.2, 0.25) is 0 Å². The molecule has 1 heterocycles. The van der Waals surface area contributed by atoms with E-state index < -0.39 is 0 Å². The van der Waals surface area contributed by atoms with E-state index in [0.29, 0.717) is 9.87 Å². The van der Waals surface area contributed by atoms with Gasteiger partial charge in [0.2, 0.25) is 0 Å². The van der Waals surface area contributed by atoms with Gasteiger partial charge in [0.15, 0.2) is 4.88 Å². The Hall–Kier alpha value is -0.940. The Bertz CT molecular complexity index is 464. The molecular weight excluding hydrogens is 266 g/mol. The molecule has 1 unspecified atom stereocenters. The summed E-state index contributed by atoms with van der Waals surface area (Å²) in [5.41, 5.74) is 6.58. The molecule has 0 aromatic carbocycles. The molecule has 18 heavy (non-hydrogen) atoms. The number of thiocarbonyl (C=S) groups is 1. The van der Waals surface area contributed by atoms with Crippen LogP contribution in [0.15, 0.2) is 6.07 Å². The predicted molar refractivity (Wildman–Crippen MR) is 80.4 cm³/mol. The van der Waals surface area contributed by atoms with Crippen LogP contribution >= 0.6 is 22.7 Å². The van der Waals surface area contributed by atoms with Crippen molar-refractivity contribution < 1.29 is 9.53 Å². The van der Waals surface area contributed by atoms with Crippen LogP contribution in [-0.2, 0) is 16.9 Å². The topological polar surface area (TPSA) is 52.3 Å². The molecule has 2 N–H and O–H groups in total. The SMILES string of the molecule is CCc1c(C(N)=S)cc(C(=O)OC(C)C)[s+]1CC. The third-order valence-corrected chi connectivity index (χ3v) is 5.27. The van der Waals surface area contributed by atoms with Gasteiger partial charge < -0.3 is 10.5 Å². The lowest BCUT2D eigenvalue weighted by Crippen LogP contribution is -2.11. The van der Waals surface area contributed by atoms with Crippen molar-refractivity contribution in [2.45, 2.75) is 46.0 Å². The van der Waals surface area contributed by atoms with Gasteiger partial charge in [-0.2, -0.15) is 0 Å². The zero-order chi connectivity index (χ0) is 13.9. The summed E-state index contributed by atoms with van der Waals surface area (Å²) >= 11 is 5.05. The average molecular weight is 286 g/mol. The van der Waals surface area contributed by atoms with Gasteiger partial charge in [0.25, 0.3) is 4.88 Å². The summed E-state index contributed by atoms with van der Waals surface area (Å²) in [6, 6.07) is 1.82. The van der Waals surface area contributed by atoms with Crippen molar-refractivity contribution in [1.82, 2.24) is 0 Å². The van der Waals surface area contributed by atoms with Gasteiger partial charge in [-0.25, -0.2) is 4.79 Å². The molecule has 0 bridgehead atoms. The van der Waals surface area contributed by atoms with Crippen LogP contribution in [0.1, 0.15) is 47.8 Å². The van der Waals surface area contributed by atoms with E-state index in [1.54, 1.807) is 0 Å². The Balaban J connectivity index is 3.27. The van der Waals surface area contributed by atoms with Gasteiger partial charge in [0, 0.05) is 12.5 Å². The summed E-state index contributed by atoms with van der Waals surface area (Å²) in [6.07, 6.45) is 0.748. The minimum absolute atomic E-state index is 0.111. The average Bonchev–Trinajstić information content (AvgIpc) is 2.66. The first-order chi connectivity index (χ1) is 8.42. The molecular formula is C13H20NO2S2+. The minimum atomic E-state index is -0.243. The van der Waals surface area contributed by atoms with Gasteiger partial charge in [-0.1, -0.05) is 19.1 Å². The molecule has 1 aromatic heterocycles. The number of esters is 1. The van der Waals surface area contributed by atoms with Crippen LogP contribution in [0.25, 0.3) is 0 Å². The number of rotatable bonds is 5. The molecule has 100 valence electrons. The van der Waals surface area contributed by atoms with E-state index in [-0.39, 0.29) is 22.5 Å². The van der Waals surface area contributed by atoms with Crippen molar-refractivity contribution in [1.29, 1.82) is 0 Å². The first kappa shape index (κ1) is 15.1. The third-order valence-electron chi connectivity index (χ3n) is 2.56. The first-order valence-electron chi connectivity index (χ1n) is 6.08. The number of nitrogens with two attached hydrogens (primary N) is 1. The third kappa shape index (κ3) is 3.09. The van der Waals surface area contributed by atoms with E-state index in [2.05, 4.69) is 13.8 Å². The summed E-state index contributed by atoms with van der Waals surface area (Å²) in [5.74, 6) is 0.640.